The van der Waals surface area contributed by atoms with E-state index in [1.807, 2.05) is 13.8 Å². The fraction of sp³-hybridized carbons (Fsp3) is 0.833. The van der Waals surface area contributed by atoms with E-state index in [2.05, 4.69) is 5.32 Å². The predicted molar refractivity (Wildman–Crippen MR) is 66.4 cm³/mol. The van der Waals surface area contributed by atoms with Crippen LogP contribution in [0.25, 0.3) is 0 Å². The van der Waals surface area contributed by atoms with Gasteiger partial charge in [0, 0.05) is 13.1 Å². The quantitative estimate of drug-likeness (QED) is 0.788. The van der Waals surface area contributed by atoms with Crippen molar-refractivity contribution in [3.8, 4) is 0 Å². The van der Waals surface area contributed by atoms with E-state index < -0.39 is 12.0 Å². The summed E-state index contributed by atoms with van der Waals surface area (Å²) < 4.78 is 5.53. The Morgan fingerprint density at radius 3 is 2.17 bits per heavy atom. The molecule has 1 aliphatic rings. The number of rotatable bonds is 3. The van der Waals surface area contributed by atoms with E-state index in [0.717, 1.165) is 0 Å². The van der Waals surface area contributed by atoms with Crippen molar-refractivity contribution < 1.29 is 19.4 Å². The molecule has 2 amide bonds. The maximum absolute atomic E-state index is 12.0. The van der Waals surface area contributed by atoms with Gasteiger partial charge in [0.05, 0.1) is 12.2 Å². The minimum absolute atomic E-state index is 0.0261. The highest BCUT2D eigenvalue weighted by Crippen LogP contribution is 2.11. The number of ether oxygens (including phenoxy) is 1. The van der Waals surface area contributed by atoms with Crippen molar-refractivity contribution in [2.45, 2.75) is 45.9 Å². The molecule has 104 valence electrons. The molecule has 0 bridgehead atoms. The van der Waals surface area contributed by atoms with E-state index in [0.29, 0.717) is 13.1 Å². The van der Waals surface area contributed by atoms with Crippen molar-refractivity contribution in [3.63, 3.8) is 0 Å². The Bertz CT molecular complexity index is 309. The molecular formula is C12H22N2O4. The Kier molecular flexibility index (Phi) is 4.95. The molecule has 2 unspecified atom stereocenters. The zero-order valence-electron chi connectivity index (χ0n) is 11.3. The minimum Gasteiger partial charge on any atom is -0.480 e. The molecule has 6 heteroatoms. The first kappa shape index (κ1) is 14.8. The number of carboxylic acids is 1. The molecule has 0 aromatic rings. The molecule has 0 radical (unpaired) electrons. The Morgan fingerprint density at radius 2 is 1.78 bits per heavy atom. The third-order valence-electron chi connectivity index (χ3n) is 2.92. The monoisotopic (exact) mass is 258 g/mol. The van der Waals surface area contributed by atoms with Crippen molar-refractivity contribution in [1.82, 2.24) is 10.2 Å². The largest absolute Gasteiger partial charge is 0.480 e. The second-order valence-corrected chi connectivity index (χ2v) is 5.17. The highest BCUT2D eigenvalue weighted by Gasteiger charge is 2.30. The van der Waals surface area contributed by atoms with Gasteiger partial charge in [0.15, 0.2) is 0 Å². The topological polar surface area (TPSA) is 78.9 Å². The van der Waals surface area contributed by atoms with Crippen LogP contribution < -0.4 is 5.32 Å². The van der Waals surface area contributed by atoms with Crippen LogP contribution in [0, 0.1) is 5.92 Å². The summed E-state index contributed by atoms with van der Waals surface area (Å²) in [5.41, 5.74) is 0. The number of carbonyl (C=O) groups is 2. The van der Waals surface area contributed by atoms with Gasteiger partial charge in [-0.25, -0.2) is 9.59 Å². The summed E-state index contributed by atoms with van der Waals surface area (Å²) >= 11 is 0. The van der Waals surface area contributed by atoms with E-state index in [-0.39, 0.29) is 24.2 Å². The van der Waals surface area contributed by atoms with Gasteiger partial charge in [0.25, 0.3) is 0 Å². The number of morpholine rings is 1. The number of carboxylic acid groups (broad SMARTS) is 1. The van der Waals surface area contributed by atoms with Gasteiger partial charge in [-0.3, -0.25) is 0 Å². The lowest BCUT2D eigenvalue weighted by molar-refractivity contribution is -0.140. The summed E-state index contributed by atoms with van der Waals surface area (Å²) in [5, 5.41) is 11.6. The van der Waals surface area contributed by atoms with Gasteiger partial charge in [-0.1, -0.05) is 13.8 Å². The van der Waals surface area contributed by atoms with Gasteiger partial charge in [0.1, 0.15) is 6.04 Å². The first-order valence-corrected chi connectivity index (χ1v) is 6.25. The summed E-state index contributed by atoms with van der Waals surface area (Å²) in [4.78, 5) is 24.6. The van der Waals surface area contributed by atoms with Crippen LogP contribution in [0.1, 0.15) is 27.7 Å². The lowest BCUT2D eigenvalue weighted by atomic mass is 10.1. The molecule has 6 nitrogen and oxygen atoms in total. The molecule has 1 saturated heterocycles. The van der Waals surface area contributed by atoms with E-state index in [1.165, 1.54) is 0 Å². The third kappa shape index (κ3) is 3.87. The standard InChI is InChI=1S/C12H22N2O4/c1-7(2)10(11(15)16)13-12(17)14-5-8(3)18-9(4)6-14/h7-10H,5-6H2,1-4H3,(H,13,17)(H,15,16)/t8?,9?,10-/m1/s1. The average Bonchev–Trinajstić information content (AvgIpc) is 2.23. The molecular weight excluding hydrogens is 236 g/mol. The lowest BCUT2D eigenvalue weighted by Crippen LogP contribution is -2.55. The van der Waals surface area contributed by atoms with Gasteiger partial charge in [-0.2, -0.15) is 0 Å². The van der Waals surface area contributed by atoms with Crippen LogP contribution in [0.3, 0.4) is 0 Å². The molecule has 0 saturated carbocycles. The smallest absolute Gasteiger partial charge is 0.326 e. The Morgan fingerprint density at radius 1 is 1.28 bits per heavy atom. The SMILES string of the molecule is CC1CN(C(=O)N[C@@H](C(=O)O)C(C)C)CC(C)O1. The van der Waals surface area contributed by atoms with Crippen LogP contribution in [0.2, 0.25) is 0 Å². The van der Waals surface area contributed by atoms with Crippen molar-refractivity contribution >= 4 is 12.0 Å². The number of hydrogen-bond donors (Lipinski definition) is 2. The van der Waals surface area contributed by atoms with Gasteiger partial charge in [0.2, 0.25) is 0 Å². The molecule has 0 aromatic heterocycles. The van der Waals surface area contributed by atoms with Gasteiger partial charge >= 0.3 is 12.0 Å². The number of urea groups is 1. The van der Waals surface area contributed by atoms with Crippen LogP contribution >= 0.6 is 0 Å². The number of hydrogen-bond acceptors (Lipinski definition) is 3. The maximum atomic E-state index is 12.0. The predicted octanol–water partition coefficient (Wildman–Crippen LogP) is 0.914. The number of carbonyl (C=O) groups excluding carboxylic acids is 1. The van der Waals surface area contributed by atoms with Crippen LogP contribution in [-0.2, 0) is 9.53 Å². The van der Waals surface area contributed by atoms with Crippen molar-refractivity contribution in [2.75, 3.05) is 13.1 Å². The molecule has 0 spiro atoms. The molecule has 1 rings (SSSR count). The maximum Gasteiger partial charge on any atom is 0.326 e. The molecule has 1 heterocycles. The molecule has 2 N–H and O–H groups in total. The summed E-state index contributed by atoms with van der Waals surface area (Å²) in [6.07, 6.45) is -0.0522. The molecule has 0 aliphatic carbocycles. The molecule has 18 heavy (non-hydrogen) atoms. The minimum atomic E-state index is -1.01. The second kappa shape index (κ2) is 6.04. The zero-order valence-corrected chi connectivity index (χ0v) is 11.3. The highest BCUT2D eigenvalue weighted by atomic mass is 16.5. The molecule has 1 aliphatic heterocycles. The highest BCUT2D eigenvalue weighted by molar-refractivity contribution is 5.82. The zero-order chi connectivity index (χ0) is 13.9. The molecule has 3 atom stereocenters. The van der Waals surface area contributed by atoms with Crippen LogP contribution in [0.4, 0.5) is 4.79 Å². The van der Waals surface area contributed by atoms with Crippen LogP contribution in [0.15, 0.2) is 0 Å². The lowest BCUT2D eigenvalue weighted by Gasteiger charge is -2.36. The third-order valence-corrected chi connectivity index (χ3v) is 2.92. The van der Waals surface area contributed by atoms with Crippen LogP contribution in [0.5, 0.6) is 0 Å². The fourth-order valence-corrected chi connectivity index (χ4v) is 2.08. The first-order valence-electron chi connectivity index (χ1n) is 6.25. The molecule has 0 aromatic carbocycles. The number of amides is 2. The van der Waals surface area contributed by atoms with Gasteiger partial charge < -0.3 is 20.1 Å². The van der Waals surface area contributed by atoms with Gasteiger partial charge in [-0.05, 0) is 19.8 Å². The van der Waals surface area contributed by atoms with E-state index in [4.69, 9.17) is 9.84 Å². The Labute approximate surface area is 107 Å². The van der Waals surface area contributed by atoms with E-state index >= 15 is 0 Å². The normalized spacial score (nSPS) is 25.9. The second-order valence-electron chi connectivity index (χ2n) is 5.17. The Balaban J connectivity index is 2.61. The Hall–Kier alpha value is -1.30. The van der Waals surface area contributed by atoms with Gasteiger partial charge in [-0.15, -0.1) is 0 Å². The molecule has 1 fully saturated rings. The number of nitrogens with one attached hydrogen (secondary N) is 1. The van der Waals surface area contributed by atoms with E-state index in [1.54, 1.807) is 18.7 Å². The van der Waals surface area contributed by atoms with Crippen LogP contribution in [-0.4, -0.2) is 53.3 Å². The summed E-state index contributed by atoms with van der Waals surface area (Å²) in [7, 11) is 0. The number of aliphatic carboxylic acids is 1. The van der Waals surface area contributed by atoms with Crippen molar-refractivity contribution in [1.29, 1.82) is 0 Å². The average molecular weight is 258 g/mol. The first-order chi connectivity index (χ1) is 8.31. The number of nitrogens with zero attached hydrogens (tertiary/aromatic N) is 1. The van der Waals surface area contributed by atoms with Crippen molar-refractivity contribution in [3.05, 3.63) is 0 Å². The summed E-state index contributed by atoms with van der Waals surface area (Å²) in [6.45, 7) is 8.30. The van der Waals surface area contributed by atoms with Crippen molar-refractivity contribution in [2.24, 2.45) is 5.92 Å². The fourth-order valence-electron chi connectivity index (χ4n) is 2.08. The van der Waals surface area contributed by atoms with E-state index in [9.17, 15) is 9.59 Å². The summed E-state index contributed by atoms with van der Waals surface area (Å²) in [5.74, 6) is -1.16. The summed E-state index contributed by atoms with van der Waals surface area (Å²) in [6, 6.07) is -1.19.